The lowest BCUT2D eigenvalue weighted by Gasteiger charge is -2.51. The summed E-state index contributed by atoms with van der Waals surface area (Å²) in [6, 6.07) is 11.6. The van der Waals surface area contributed by atoms with Crippen LogP contribution in [0.15, 0.2) is 34.9 Å². The molecule has 2 bridgehead atoms. The van der Waals surface area contributed by atoms with Gasteiger partial charge in [-0.2, -0.15) is 0 Å². The molecule has 0 unspecified atom stereocenters. The number of likely N-dealkylation sites (tertiary alicyclic amines) is 1. The molecule has 142 valence electrons. The predicted molar refractivity (Wildman–Crippen MR) is 102 cm³/mol. The van der Waals surface area contributed by atoms with Gasteiger partial charge in [-0.25, -0.2) is 0 Å². The molecule has 1 aromatic heterocycles. The maximum Gasteiger partial charge on any atom is 0.230 e. The second-order valence-electron chi connectivity index (χ2n) is 8.53. The van der Waals surface area contributed by atoms with Crippen LogP contribution >= 0.6 is 0 Å². The molecular weight excluding hydrogens is 338 g/mol. The maximum absolute atomic E-state index is 13.2. The molecule has 4 aliphatic heterocycles. The second-order valence-corrected chi connectivity index (χ2v) is 8.53. The van der Waals surface area contributed by atoms with Gasteiger partial charge in [0.25, 0.3) is 0 Å². The first-order valence-corrected chi connectivity index (χ1v) is 10.1. The molecule has 0 aliphatic carbocycles. The normalized spacial score (nSPS) is 31.9. The van der Waals surface area contributed by atoms with Gasteiger partial charge in [0.05, 0.1) is 18.2 Å². The number of hydrogen-bond donors (Lipinski definition) is 0. The van der Waals surface area contributed by atoms with Gasteiger partial charge in [-0.05, 0) is 51.3 Å². The van der Waals surface area contributed by atoms with Crippen molar-refractivity contribution in [1.29, 1.82) is 0 Å². The third kappa shape index (κ3) is 2.89. The highest BCUT2D eigenvalue weighted by atomic mass is 16.5. The van der Waals surface area contributed by atoms with Crippen molar-refractivity contribution >= 4 is 5.91 Å². The van der Waals surface area contributed by atoms with Crippen LogP contribution in [0.25, 0.3) is 0 Å². The van der Waals surface area contributed by atoms with Crippen LogP contribution in [0.5, 0.6) is 0 Å². The quantitative estimate of drug-likeness (QED) is 0.839. The van der Waals surface area contributed by atoms with E-state index in [-0.39, 0.29) is 5.91 Å². The van der Waals surface area contributed by atoms with E-state index in [2.05, 4.69) is 46.1 Å². The van der Waals surface area contributed by atoms with Crippen LogP contribution in [0.2, 0.25) is 0 Å². The summed E-state index contributed by atoms with van der Waals surface area (Å²) in [7, 11) is 0. The molecule has 1 aromatic carbocycles. The van der Waals surface area contributed by atoms with Crippen molar-refractivity contribution in [3.63, 3.8) is 0 Å². The number of amides is 1. The Morgan fingerprint density at radius 3 is 2.56 bits per heavy atom. The number of aromatic nitrogens is 1. The summed E-state index contributed by atoms with van der Waals surface area (Å²) in [5.74, 6) is 1.90. The van der Waals surface area contributed by atoms with Crippen LogP contribution in [-0.2, 0) is 11.2 Å². The standard InChI is InChI=1S/C22H27N3O2/c1-14-3-5-16(6-4-14)19-13-25(20(26)12-18-11-15(2)23-27-18)21-17-7-9-24(10-8-17)22(19)21/h3-6,11,17,19,21-22H,7-10,12-13H2,1-2H3/t19-,21-,22-/m0/s1. The van der Waals surface area contributed by atoms with E-state index in [1.807, 2.05) is 13.0 Å². The Bertz CT molecular complexity index is 835. The van der Waals surface area contributed by atoms with Crippen molar-refractivity contribution in [3.05, 3.63) is 52.9 Å². The molecule has 0 radical (unpaired) electrons. The zero-order valence-corrected chi connectivity index (χ0v) is 16.1. The topological polar surface area (TPSA) is 49.6 Å². The molecule has 5 nitrogen and oxygen atoms in total. The Balaban J connectivity index is 1.45. The third-order valence-electron chi connectivity index (χ3n) is 6.82. The maximum atomic E-state index is 13.2. The van der Waals surface area contributed by atoms with Crippen molar-refractivity contribution in [2.24, 2.45) is 5.92 Å². The zero-order valence-electron chi connectivity index (χ0n) is 16.1. The fraction of sp³-hybridized carbons (Fsp3) is 0.545. The van der Waals surface area contributed by atoms with E-state index in [0.717, 1.165) is 12.2 Å². The summed E-state index contributed by atoms with van der Waals surface area (Å²) in [5.41, 5.74) is 3.49. The molecule has 0 N–H and O–H groups in total. The number of piperidine rings is 3. The van der Waals surface area contributed by atoms with E-state index in [1.165, 1.54) is 37.1 Å². The van der Waals surface area contributed by atoms with E-state index in [1.54, 1.807) is 0 Å². The average molecular weight is 365 g/mol. The van der Waals surface area contributed by atoms with E-state index in [0.29, 0.717) is 36.1 Å². The molecule has 0 spiro atoms. The Morgan fingerprint density at radius 1 is 1.15 bits per heavy atom. The van der Waals surface area contributed by atoms with Crippen LogP contribution in [-0.4, -0.2) is 52.6 Å². The van der Waals surface area contributed by atoms with Crippen LogP contribution in [0.3, 0.4) is 0 Å². The van der Waals surface area contributed by atoms with Crippen LogP contribution in [0, 0.1) is 19.8 Å². The molecule has 0 saturated carbocycles. The average Bonchev–Trinajstić information content (AvgIpc) is 3.28. The predicted octanol–water partition coefficient (Wildman–Crippen LogP) is 2.92. The summed E-state index contributed by atoms with van der Waals surface area (Å²) in [5, 5.41) is 3.93. The number of carbonyl (C=O) groups is 1. The Morgan fingerprint density at radius 2 is 1.89 bits per heavy atom. The highest BCUT2D eigenvalue weighted by molar-refractivity contribution is 5.79. The lowest BCUT2D eigenvalue weighted by Crippen LogP contribution is -2.60. The summed E-state index contributed by atoms with van der Waals surface area (Å²) in [4.78, 5) is 18.0. The first-order chi connectivity index (χ1) is 13.1. The molecule has 4 aliphatic rings. The van der Waals surface area contributed by atoms with Gasteiger partial charge in [-0.15, -0.1) is 0 Å². The largest absolute Gasteiger partial charge is 0.361 e. The summed E-state index contributed by atoms with van der Waals surface area (Å²) < 4.78 is 5.31. The van der Waals surface area contributed by atoms with Crippen LogP contribution in [0.4, 0.5) is 0 Å². The summed E-state index contributed by atoms with van der Waals surface area (Å²) in [6.45, 7) is 7.19. The molecule has 3 atom stereocenters. The number of fused-ring (bicyclic) bond motifs is 2. The summed E-state index contributed by atoms with van der Waals surface area (Å²) in [6.07, 6.45) is 2.75. The van der Waals surface area contributed by atoms with Crippen molar-refractivity contribution in [2.75, 3.05) is 19.6 Å². The molecule has 27 heavy (non-hydrogen) atoms. The van der Waals surface area contributed by atoms with Gasteiger partial charge >= 0.3 is 0 Å². The van der Waals surface area contributed by atoms with Gasteiger partial charge < -0.3 is 9.42 Å². The first-order valence-electron chi connectivity index (χ1n) is 10.1. The first kappa shape index (κ1) is 17.0. The molecule has 2 aromatic rings. The van der Waals surface area contributed by atoms with Crippen molar-refractivity contribution in [1.82, 2.24) is 15.0 Å². The van der Waals surface area contributed by atoms with E-state index < -0.39 is 0 Å². The smallest absolute Gasteiger partial charge is 0.230 e. The molecule has 1 amide bonds. The van der Waals surface area contributed by atoms with Crippen molar-refractivity contribution in [2.45, 2.75) is 51.1 Å². The fourth-order valence-corrected chi connectivity index (χ4v) is 5.56. The second kappa shape index (κ2) is 6.48. The minimum absolute atomic E-state index is 0.185. The molecular formula is C22H27N3O2. The molecule has 5 heteroatoms. The number of carbonyl (C=O) groups excluding carboxylic acids is 1. The fourth-order valence-electron chi connectivity index (χ4n) is 5.56. The number of benzene rings is 1. The van der Waals surface area contributed by atoms with Gasteiger partial charge in [0.2, 0.25) is 5.91 Å². The number of hydrogen-bond acceptors (Lipinski definition) is 4. The van der Waals surface area contributed by atoms with E-state index >= 15 is 0 Å². The lowest BCUT2D eigenvalue weighted by molar-refractivity contribution is -0.135. The highest BCUT2D eigenvalue weighted by Crippen LogP contribution is 2.46. The van der Waals surface area contributed by atoms with Crippen molar-refractivity contribution in [3.8, 4) is 0 Å². The van der Waals surface area contributed by atoms with Crippen LogP contribution in [0.1, 0.15) is 41.3 Å². The monoisotopic (exact) mass is 365 g/mol. The van der Waals surface area contributed by atoms with Crippen LogP contribution < -0.4 is 0 Å². The Kier molecular flexibility index (Phi) is 4.08. The Hall–Kier alpha value is -2.14. The SMILES string of the molecule is Cc1ccc([C@@H]2CN(C(=O)Cc3cc(C)no3)[C@H]3C4CCN(CC4)[C@@H]23)cc1. The molecule has 4 saturated heterocycles. The van der Waals surface area contributed by atoms with E-state index in [4.69, 9.17) is 4.52 Å². The van der Waals surface area contributed by atoms with Gasteiger partial charge in [-0.1, -0.05) is 35.0 Å². The minimum Gasteiger partial charge on any atom is -0.361 e. The van der Waals surface area contributed by atoms with Gasteiger partial charge in [-0.3, -0.25) is 9.69 Å². The summed E-state index contributed by atoms with van der Waals surface area (Å²) >= 11 is 0. The Labute approximate surface area is 160 Å². The lowest BCUT2D eigenvalue weighted by atomic mass is 9.75. The number of rotatable bonds is 3. The molecule has 4 fully saturated rings. The minimum atomic E-state index is 0.185. The third-order valence-corrected chi connectivity index (χ3v) is 6.82. The van der Waals surface area contributed by atoms with Gasteiger partial charge in [0, 0.05) is 24.6 Å². The van der Waals surface area contributed by atoms with Gasteiger partial charge in [0.1, 0.15) is 5.76 Å². The number of aryl methyl sites for hydroxylation is 2. The zero-order chi connectivity index (χ0) is 18.5. The molecule has 6 rings (SSSR count). The van der Waals surface area contributed by atoms with E-state index in [9.17, 15) is 4.79 Å². The van der Waals surface area contributed by atoms with Gasteiger partial charge in [0.15, 0.2) is 0 Å². The number of nitrogens with zero attached hydrogens (tertiary/aromatic N) is 3. The molecule has 5 heterocycles. The van der Waals surface area contributed by atoms with Crippen molar-refractivity contribution < 1.29 is 9.32 Å². The highest BCUT2D eigenvalue weighted by Gasteiger charge is 2.54.